The molecule has 0 radical (unpaired) electrons. The third-order valence-electron chi connectivity index (χ3n) is 2.94. The highest BCUT2D eigenvalue weighted by Gasteiger charge is 2.40. The Hall–Kier alpha value is 0.0569. The summed E-state index contributed by atoms with van der Waals surface area (Å²) in [4.78, 5) is 11.3. The van der Waals surface area contributed by atoms with Crippen LogP contribution in [0.3, 0.4) is 0 Å². The van der Waals surface area contributed by atoms with Gasteiger partial charge in [-0.25, -0.2) is 0 Å². The van der Waals surface area contributed by atoms with E-state index >= 15 is 0 Å². The van der Waals surface area contributed by atoms with Gasteiger partial charge in [0.05, 0.1) is 0 Å². The van der Waals surface area contributed by atoms with Gasteiger partial charge in [0.1, 0.15) is 0 Å². The molecule has 0 aliphatic heterocycles. The van der Waals surface area contributed by atoms with Crippen LogP contribution in [0.25, 0.3) is 0 Å². The summed E-state index contributed by atoms with van der Waals surface area (Å²) in [6.45, 7) is 21.1. The smallest absolute Gasteiger partial charge is 0.301 e. The zero-order chi connectivity index (χ0) is 14.9. The first kappa shape index (κ1) is 19.1. The first-order valence-electron chi connectivity index (χ1n) is 7.91. The molecular weight excluding hydrogens is 252 g/mol. The van der Waals surface area contributed by atoms with Crippen molar-refractivity contribution in [3.05, 3.63) is 0 Å². The summed E-state index contributed by atoms with van der Waals surface area (Å²) in [5, 5.41) is 0. The number of hydrogen-bond donors (Lipinski definition) is 3. The second-order valence-corrected chi connectivity index (χ2v) is 9.11. The Kier molecular flexibility index (Phi) is 9.91. The van der Waals surface area contributed by atoms with Gasteiger partial charge in [0.2, 0.25) is 0 Å². The minimum atomic E-state index is -1.97. The van der Waals surface area contributed by atoms with Crippen LogP contribution in [0, 0.1) is 11.8 Å². The Morgan fingerprint density at radius 3 is 1.26 bits per heavy atom. The van der Waals surface area contributed by atoms with E-state index in [2.05, 4.69) is 68.0 Å². The normalized spacial score (nSPS) is 12.9. The zero-order valence-corrected chi connectivity index (χ0v) is 15.1. The summed E-state index contributed by atoms with van der Waals surface area (Å²) >= 11 is 0. The molecule has 3 N–H and O–H groups in total. The SMILES string of the molecule is CCN[Si](NCC)(NCC)N(CC(C)C)CC(C)C. The second kappa shape index (κ2) is 9.88. The molecule has 0 unspecified atom stereocenters. The minimum absolute atomic E-state index is 0.682. The Labute approximate surface area is 122 Å². The first-order valence-corrected chi connectivity index (χ1v) is 9.86. The van der Waals surface area contributed by atoms with E-state index in [4.69, 9.17) is 0 Å². The maximum absolute atomic E-state index is 3.75. The van der Waals surface area contributed by atoms with E-state index in [0.717, 1.165) is 32.7 Å². The quantitative estimate of drug-likeness (QED) is 0.508. The van der Waals surface area contributed by atoms with Gasteiger partial charge in [0, 0.05) is 0 Å². The number of nitrogens with one attached hydrogen (secondary N) is 3. The van der Waals surface area contributed by atoms with E-state index < -0.39 is 8.72 Å². The highest BCUT2D eigenvalue weighted by molar-refractivity contribution is 6.69. The fraction of sp³-hybridized carbons (Fsp3) is 1.00. The van der Waals surface area contributed by atoms with Crippen LogP contribution in [0.5, 0.6) is 0 Å². The summed E-state index contributed by atoms with van der Waals surface area (Å²) in [7, 11) is -1.97. The van der Waals surface area contributed by atoms with Gasteiger partial charge in [-0.2, -0.15) is 0 Å². The molecule has 0 heterocycles. The topological polar surface area (TPSA) is 39.3 Å². The molecule has 0 bridgehead atoms. The Morgan fingerprint density at radius 2 is 1.05 bits per heavy atom. The molecule has 116 valence electrons. The summed E-state index contributed by atoms with van der Waals surface area (Å²) in [6.07, 6.45) is 0. The van der Waals surface area contributed by atoms with E-state index in [-0.39, 0.29) is 0 Å². The number of hydrogen-bond acceptors (Lipinski definition) is 4. The van der Waals surface area contributed by atoms with Gasteiger partial charge < -0.3 is 14.9 Å². The lowest BCUT2D eigenvalue weighted by Crippen LogP contribution is -2.82. The molecule has 19 heavy (non-hydrogen) atoms. The molecule has 0 atom stereocenters. The highest BCUT2D eigenvalue weighted by Crippen LogP contribution is 2.09. The number of rotatable bonds is 11. The largest absolute Gasteiger partial charge is 0.368 e. The van der Waals surface area contributed by atoms with Gasteiger partial charge in [-0.05, 0) is 44.6 Å². The first-order chi connectivity index (χ1) is 8.91. The van der Waals surface area contributed by atoms with E-state index in [1.807, 2.05) is 0 Å². The third-order valence-corrected chi connectivity index (χ3v) is 6.85. The van der Waals surface area contributed by atoms with Crippen molar-refractivity contribution in [2.45, 2.75) is 48.5 Å². The molecule has 4 nitrogen and oxygen atoms in total. The van der Waals surface area contributed by atoms with Crippen molar-refractivity contribution in [1.82, 2.24) is 19.5 Å². The number of nitrogens with zero attached hydrogens (tertiary/aromatic N) is 1. The van der Waals surface area contributed by atoms with Crippen LogP contribution < -0.4 is 14.9 Å². The lowest BCUT2D eigenvalue weighted by atomic mass is 10.2. The predicted octanol–water partition coefficient (Wildman–Crippen LogP) is 1.86. The van der Waals surface area contributed by atoms with Crippen molar-refractivity contribution in [2.75, 3.05) is 32.7 Å². The van der Waals surface area contributed by atoms with Gasteiger partial charge in [-0.3, -0.25) is 4.57 Å². The maximum atomic E-state index is 3.75. The Bertz CT molecular complexity index is 194. The van der Waals surface area contributed by atoms with Crippen LogP contribution >= 0.6 is 0 Å². The minimum Gasteiger partial charge on any atom is -0.301 e. The third kappa shape index (κ3) is 6.86. The monoisotopic (exact) mass is 288 g/mol. The van der Waals surface area contributed by atoms with Crippen LogP contribution in [-0.2, 0) is 0 Å². The second-order valence-electron chi connectivity index (χ2n) is 5.99. The van der Waals surface area contributed by atoms with Crippen LogP contribution in [-0.4, -0.2) is 46.0 Å². The van der Waals surface area contributed by atoms with Crippen molar-refractivity contribution < 1.29 is 0 Å². The summed E-state index contributed by atoms with van der Waals surface area (Å²) in [5.74, 6) is 1.36. The molecule has 0 rings (SSSR count). The van der Waals surface area contributed by atoms with E-state index in [1.54, 1.807) is 0 Å². The van der Waals surface area contributed by atoms with E-state index in [1.165, 1.54) is 0 Å². The lowest BCUT2D eigenvalue weighted by Gasteiger charge is -2.43. The molecule has 0 aromatic rings. The Balaban J connectivity index is 5.14. The molecule has 0 amide bonds. The van der Waals surface area contributed by atoms with Gasteiger partial charge in [0.15, 0.2) is 0 Å². The molecule has 0 fully saturated rings. The van der Waals surface area contributed by atoms with Crippen molar-refractivity contribution in [2.24, 2.45) is 11.8 Å². The van der Waals surface area contributed by atoms with Crippen molar-refractivity contribution in [1.29, 1.82) is 0 Å². The molecule has 0 aromatic carbocycles. The van der Waals surface area contributed by atoms with Crippen molar-refractivity contribution >= 4 is 8.72 Å². The van der Waals surface area contributed by atoms with Gasteiger partial charge in [-0.1, -0.05) is 48.5 Å². The molecule has 0 saturated carbocycles. The van der Waals surface area contributed by atoms with Crippen LogP contribution in [0.15, 0.2) is 0 Å². The maximum Gasteiger partial charge on any atom is 0.368 e. The molecule has 5 heteroatoms. The average Bonchev–Trinajstić information content (AvgIpc) is 2.27. The summed E-state index contributed by atoms with van der Waals surface area (Å²) < 4.78 is 2.65. The van der Waals surface area contributed by atoms with Crippen molar-refractivity contribution in [3.63, 3.8) is 0 Å². The fourth-order valence-corrected chi connectivity index (χ4v) is 6.38. The lowest BCUT2D eigenvalue weighted by molar-refractivity contribution is 0.305. The van der Waals surface area contributed by atoms with Gasteiger partial charge >= 0.3 is 8.72 Å². The van der Waals surface area contributed by atoms with Gasteiger partial charge in [0.25, 0.3) is 0 Å². The fourth-order valence-electron chi connectivity index (χ4n) is 2.52. The Morgan fingerprint density at radius 1 is 0.737 bits per heavy atom. The standard InChI is InChI=1S/C14H36N4Si/c1-8-15-19(16-9-2,17-10-3)18(11-13(4)5)12-14(6)7/h13-17H,8-12H2,1-7H3. The molecule has 0 spiro atoms. The van der Waals surface area contributed by atoms with E-state index in [0.29, 0.717) is 11.8 Å². The molecular formula is C14H36N4Si. The van der Waals surface area contributed by atoms with Crippen LogP contribution in [0.4, 0.5) is 0 Å². The molecule has 0 saturated heterocycles. The molecule has 0 aliphatic rings. The summed E-state index contributed by atoms with van der Waals surface area (Å²) in [6, 6.07) is 0. The highest BCUT2D eigenvalue weighted by atomic mass is 28.4. The van der Waals surface area contributed by atoms with E-state index in [9.17, 15) is 0 Å². The summed E-state index contributed by atoms with van der Waals surface area (Å²) in [5.41, 5.74) is 0. The van der Waals surface area contributed by atoms with Crippen LogP contribution in [0.2, 0.25) is 0 Å². The average molecular weight is 289 g/mol. The van der Waals surface area contributed by atoms with Crippen molar-refractivity contribution in [3.8, 4) is 0 Å². The zero-order valence-electron chi connectivity index (χ0n) is 14.1. The molecule has 0 aromatic heterocycles. The molecule has 0 aliphatic carbocycles. The van der Waals surface area contributed by atoms with Gasteiger partial charge in [-0.15, -0.1) is 0 Å². The predicted molar refractivity (Wildman–Crippen MR) is 88.0 cm³/mol. The van der Waals surface area contributed by atoms with Crippen LogP contribution in [0.1, 0.15) is 48.5 Å².